The van der Waals surface area contributed by atoms with Crippen LogP contribution in [0.2, 0.25) is 5.15 Å². The molecule has 0 saturated heterocycles. The molecule has 3 heteroatoms. The van der Waals surface area contributed by atoms with Gasteiger partial charge in [0.05, 0.1) is 5.52 Å². The Morgan fingerprint density at radius 2 is 2.14 bits per heavy atom. The van der Waals surface area contributed by atoms with Crippen molar-refractivity contribution in [2.24, 2.45) is 0 Å². The van der Waals surface area contributed by atoms with Gasteiger partial charge in [0.15, 0.2) is 5.15 Å². The van der Waals surface area contributed by atoms with E-state index in [9.17, 15) is 0 Å². The Kier molecular flexibility index (Phi) is 1.77. The summed E-state index contributed by atoms with van der Waals surface area (Å²) in [4.78, 5) is 7.47. The number of halogens is 1. The lowest BCUT2D eigenvalue weighted by atomic mass is 9.96. The van der Waals surface area contributed by atoms with Crippen LogP contribution in [0, 0.1) is 0 Å². The minimum absolute atomic E-state index is 0.594. The van der Waals surface area contributed by atoms with Gasteiger partial charge in [0, 0.05) is 17.3 Å². The highest BCUT2D eigenvalue weighted by Gasteiger charge is 2.16. The molecule has 72 valence electrons. The molecule has 0 aliphatic heterocycles. The first-order chi connectivity index (χ1) is 6.86. The molecule has 0 aromatic carbocycles. The predicted molar refractivity (Wildman–Crippen MR) is 57.7 cm³/mol. The molecule has 14 heavy (non-hydrogen) atoms. The van der Waals surface area contributed by atoms with E-state index >= 15 is 0 Å². The number of H-pyrrole nitrogens is 1. The van der Waals surface area contributed by atoms with Gasteiger partial charge in [-0.15, -0.1) is 0 Å². The number of hydrogen-bond donors (Lipinski definition) is 1. The largest absolute Gasteiger partial charge is 0.356 e. The fourth-order valence-electron chi connectivity index (χ4n) is 2.30. The summed E-state index contributed by atoms with van der Waals surface area (Å²) in [6.45, 7) is 0. The van der Waals surface area contributed by atoms with Crippen LogP contribution in [-0.2, 0) is 12.8 Å². The summed E-state index contributed by atoms with van der Waals surface area (Å²) >= 11 is 6.03. The van der Waals surface area contributed by atoms with Crippen molar-refractivity contribution in [2.75, 3.05) is 0 Å². The fraction of sp³-hybridized carbons (Fsp3) is 0.364. The molecule has 0 amide bonds. The quantitative estimate of drug-likeness (QED) is 0.660. The first-order valence-electron chi connectivity index (χ1n) is 5.00. The number of fused-ring (bicyclic) bond motifs is 3. The van der Waals surface area contributed by atoms with Crippen molar-refractivity contribution in [1.29, 1.82) is 0 Å². The maximum Gasteiger partial charge on any atom is 0.153 e. The summed E-state index contributed by atoms with van der Waals surface area (Å²) in [6.07, 6.45) is 6.69. The molecule has 0 saturated carbocycles. The summed E-state index contributed by atoms with van der Waals surface area (Å²) in [5.74, 6) is 0. The first kappa shape index (κ1) is 8.30. The van der Waals surface area contributed by atoms with Crippen LogP contribution in [0.15, 0.2) is 12.3 Å². The second-order valence-electron chi connectivity index (χ2n) is 3.81. The number of nitrogens with zero attached hydrogens (tertiary/aromatic N) is 1. The standard InChI is InChI=1S/C11H11ClN2/c12-11-10-8(5-6-13-11)7-3-1-2-4-9(7)14-10/h5-6,14H,1-4H2. The third kappa shape index (κ3) is 1.07. The topological polar surface area (TPSA) is 28.7 Å². The molecule has 0 spiro atoms. The number of aryl methyl sites for hydroxylation is 2. The number of nitrogens with one attached hydrogen (secondary N) is 1. The van der Waals surface area contributed by atoms with Gasteiger partial charge in [-0.1, -0.05) is 11.6 Å². The molecule has 2 aromatic rings. The second-order valence-corrected chi connectivity index (χ2v) is 4.17. The molecule has 0 radical (unpaired) electrons. The van der Waals surface area contributed by atoms with E-state index in [4.69, 9.17) is 11.6 Å². The molecule has 3 rings (SSSR count). The van der Waals surface area contributed by atoms with Crippen LogP contribution < -0.4 is 0 Å². The van der Waals surface area contributed by atoms with Crippen molar-refractivity contribution in [2.45, 2.75) is 25.7 Å². The lowest BCUT2D eigenvalue weighted by Gasteiger charge is -2.09. The molecule has 0 bridgehead atoms. The van der Waals surface area contributed by atoms with Crippen LogP contribution in [-0.4, -0.2) is 9.97 Å². The van der Waals surface area contributed by atoms with Gasteiger partial charge in [-0.3, -0.25) is 0 Å². The van der Waals surface area contributed by atoms with Crippen molar-refractivity contribution in [3.8, 4) is 0 Å². The van der Waals surface area contributed by atoms with Crippen LogP contribution in [0.25, 0.3) is 10.9 Å². The van der Waals surface area contributed by atoms with E-state index in [-0.39, 0.29) is 0 Å². The van der Waals surface area contributed by atoms with Crippen LogP contribution in [0.4, 0.5) is 0 Å². The highest BCUT2D eigenvalue weighted by molar-refractivity contribution is 6.33. The van der Waals surface area contributed by atoms with E-state index in [1.54, 1.807) is 6.20 Å². The van der Waals surface area contributed by atoms with Gasteiger partial charge in [0.1, 0.15) is 0 Å². The molecular weight excluding hydrogens is 196 g/mol. The molecule has 2 aromatic heterocycles. The summed E-state index contributed by atoms with van der Waals surface area (Å²) in [5.41, 5.74) is 3.83. The van der Waals surface area contributed by atoms with Crippen molar-refractivity contribution in [1.82, 2.24) is 9.97 Å². The second kappa shape index (κ2) is 2.99. The van der Waals surface area contributed by atoms with Crippen molar-refractivity contribution >= 4 is 22.5 Å². The van der Waals surface area contributed by atoms with E-state index in [0.29, 0.717) is 5.15 Å². The van der Waals surface area contributed by atoms with E-state index in [2.05, 4.69) is 16.0 Å². The monoisotopic (exact) mass is 206 g/mol. The van der Waals surface area contributed by atoms with Gasteiger partial charge in [-0.05, 0) is 37.3 Å². The Morgan fingerprint density at radius 1 is 1.29 bits per heavy atom. The van der Waals surface area contributed by atoms with Crippen LogP contribution >= 0.6 is 11.6 Å². The zero-order valence-corrected chi connectivity index (χ0v) is 8.56. The number of aromatic amines is 1. The first-order valence-corrected chi connectivity index (χ1v) is 5.38. The molecular formula is C11H11ClN2. The van der Waals surface area contributed by atoms with Gasteiger partial charge >= 0.3 is 0 Å². The highest BCUT2D eigenvalue weighted by atomic mass is 35.5. The maximum absolute atomic E-state index is 6.03. The molecule has 1 aliphatic rings. The molecule has 1 aliphatic carbocycles. The van der Waals surface area contributed by atoms with E-state index in [0.717, 1.165) is 11.9 Å². The van der Waals surface area contributed by atoms with Crippen molar-refractivity contribution < 1.29 is 0 Å². The SMILES string of the molecule is Clc1nccc2c3c([nH]c12)CCCC3. The van der Waals surface area contributed by atoms with E-state index < -0.39 is 0 Å². The molecule has 2 nitrogen and oxygen atoms in total. The van der Waals surface area contributed by atoms with Gasteiger partial charge in [0.2, 0.25) is 0 Å². The Morgan fingerprint density at radius 3 is 3.07 bits per heavy atom. The molecule has 1 N–H and O–H groups in total. The fourth-order valence-corrected chi connectivity index (χ4v) is 2.50. The summed E-state index contributed by atoms with van der Waals surface area (Å²) < 4.78 is 0. The number of rotatable bonds is 0. The smallest absolute Gasteiger partial charge is 0.153 e. The normalized spacial score (nSPS) is 15.8. The average molecular weight is 207 g/mol. The molecule has 0 unspecified atom stereocenters. The lowest BCUT2D eigenvalue weighted by Crippen LogP contribution is -1.99. The molecule has 2 heterocycles. The van der Waals surface area contributed by atoms with Crippen molar-refractivity contribution in [3.63, 3.8) is 0 Å². The molecule has 0 atom stereocenters. The number of aromatic nitrogens is 2. The number of hydrogen-bond acceptors (Lipinski definition) is 1. The van der Waals surface area contributed by atoms with E-state index in [1.807, 2.05) is 0 Å². The van der Waals surface area contributed by atoms with Gasteiger partial charge in [0.25, 0.3) is 0 Å². The predicted octanol–water partition coefficient (Wildman–Crippen LogP) is 3.10. The van der Waals surface area contributed by atoms with Gasteiger partial charge in [-0.2, -0.15) is 0 Å². The Bertz CT molecular complexity index is 487. The highest BCUT2D eigenvalue weighted by Crippen LogP contribution is 2.31. The Balaban J connectivity index is 2.36. The molecule has 0 fully saturated rings. The summed E-state index contributed by atoms with van der Waals surface area (Å²) in [7, 11) is 0. The van der Waals surface area contributed by atoms with Crippen LogP contribution in [0.5, 0.6) is 0 Å². The van der Waals surface area contributed by atoms with Crippen LogP contribution in [0.1, 0.15) is 24.1 Å². The van der Waals surface area contributed by atoms with Crippen LogP contribution in [0.3, 0.4) is 0 Å². The minimum atomic E-state index is 0.594. The number of pyridine rings is 1. The maximum atomic E-state index is 6.03. The van der Waals surface area contributed by atoms with E-state index in [1.165, 1.54) is 35.9 Å². The lowest BCUT2D eigenvalue weighted by molar-refractivity contribution is 0.680. The zero-order valence-electron chi connectivity index (χ0n) is 7.81. The van der Waals surface area contributed by atoms with Crippen molar-refractivity contribution in [3.05, 3.63) is 28.7 Å². The Labute approximate surface area is 87.3 Å². The minimum Gasteiger partial charge on any atom is -0.356 e. The zero-order chi connectivity index (χ0) is 9.54. The summed E-state index contributed by atoms with van der Waals surface area (Å²) in [5, 5.41) is 1.86. The summed E-state index contributed by atoms with van der Waals surface area (Å²) in [6, 6.07) is 2.06. The third-order valence-electron chi connectivity index (χ3n) is 2.97. The Hall–Kier alpha value is -1.02. The average Bonchev–Trinajstić information content (AvgIpc) is 2.59. The van der Waals surface area contributed by atoms with Gasteiger partial charge in [-0.25, -0.2) is 4.98 Å². The van der Waals surface area contributed by atoms with Gasteiger partial charge < -0.3 is 4.98 Å². The third-order valence-corrected chi connectivity index (χ3v) is 3.26.